The highest BCUT2D eigenvalue weighted by atomic mass is 16.5. The van der Waals surface area contributed by atoms with E-state index < -0.39 is 0 Å². The zero-order valence-corrected chi connectivity index (χ0v) is 19.0. The SMILES string of the molecule is COc1cc(C(=O)Nc2ccc(Oc3ccccc3OC)cc2)ccc1OCc1ccccc1. The van der Waals surface area contributed by atoms with Crippen LogP contribution in [0.1, 0.15) is 15.9 Å². The number of ether oxygens (including phenoxy) is 4. The molecule has 34 heavy (non-hydrogen) atoms. The van der Waals surface area contributed by atoms with Gasteiger partial charge < -0.3 is 24.3 Å². The quantitative estimate of drug-likeness (QED) is 0.320. The number of carbonyl (C=O) groups excluding carboxylic acids is 1. The minimum absolute atomic E-state index is 0.258. The number of anilines is 1. The van der Waals surface area contributed by atoms with Crippen LogP contribution in [0.2, 0.25) is 0 Å². The van der Waals surface area contributed by atoms with Crippen LogP contribution in [-0.2, 0) is 6.61 Å². The lowest BCUT2D eigenvalue weighted by atomic mass is 10.1. The van der Waals surface area contributed by atoms with Crippen molar-refractivity contribution in [3.05, 3.63) is 108 Å². The smallest absolute Gasteiger partial charge is 0.255 e. The molecule has 172 valence electrons. The molecule has 4 rings (SSSR count). The van der Waals surface area contributed by atoms with Crippen molar-refractivity contribution < 1.29 is 23.7 Å². The number of amides is 1. The van der Waals surface area contributed by atoms with Crippen LogP contribution in [0.4, 0.5) is 5.69 Å². The third-order valence-corrected chi connectivity index (χ3v) is 5.07. The number of benzene rings is 4. The van der Waals surface area contributed by atoms with Crippen molar-refractivity contribution in [2.45, 2.75) is 6.61 Å². The Morgan fingerprint density at radius 3 is 2.09 bits per heavy atom. The van der Waals surface area contributed by atoms with Gasteiger partial charge >= 0.3 is 0 Å². The van der Waals surface area contributed by atoms with E-state index in [1.165, 1.54) is 0 Å². The predicted molar refractivity (Wildman–Crippen MR) is 131 cm³/mol. The maximum atomic E-state index is 12.8. The van der Waals surface area contributed by atoms with Crippen molar-refractivity contribution in [2.75, 3.05) is 19.5 Å². The first kappa shape index (κ1) is 22.7. The van der Waals surface area contributed by atoms with E-state index in [0.717, 1.165) is 5.56 Å². The molecule has 6 heteroatoms. The Kier molecular flexibility index (Phi) is 7.30. The summed E-state index contributed by atoms with van der Waals surface area (Å²) in [6.07, 6.45) is 0. The molecule has 0 aliphatic heterocycles. The Bertz CT molecular complexity index is 1240. The van der Waals surface area contributed by atoms with Crippen molar-refractivity contribution in [1.82, 2.24) is 0 Å². The molecular weight excluding hydrogens is 430 g/mol. The van der Waals surface area contributed by atoms with Gasteiger partial charge in [-0.15, -0.1) is 0 Å². The van der Waals surface area contributed by atoms with Gasteiger partial charge in [0.2, 0.25) is 0 Å². The standard InChI is InChI=1S/C28H25NO5/c1-31-24-10-6-7-11-26(24)34-23-15-13-22(14-16-23)29-28(30)21-12-17-25(27(18-21)32-2)33-19-20-8-4-3-5-9-20/h3-18H,19H2,1-2H3,(H,29,30). The fourth-order valence-corrected chi connectivity index (χ4v) is 3.30. The van der Waals surface area contributed by atoms with Crippen LogP contribution in [0.25, 0.3) is 0 Å². The third kappa shape index (κ3) is 5.66. The second-order valence-corrected chi connectivity index (χ2v) is 7.37. The van der Waals surface area contributed by atoms with Crippen LogP contribution in [0.3, 0.4) is 0 Å². The Hall–Kier alpha value is -4.45. The second-order valence-electron chi connectivity index (χ2n) is 7.37. The highest BCUT2D eigenvalue weighted by molar-refractivity contribution is 6.04. The number of hydrogen-bond acceptors (Lipinski definition) is 5. The maximum absolute atomic E-state index is 12.8. The largest absolute Gasteiger partial charge is 0.493 e. The van der Waals surface area contributed by atoms with Gasteiger partial charge in [-0.3, -0.25) is 4.79 Å². The molecule has 0 unspecified atom stereocenters. The Morgan fingerprint density at radius 2 is 1.38 bits per heavy atom. The molecule has 4 aromatic carbocycles. The van der Waals surface area contributed by atoms with Gasteiger partial charge in [0.25, 0.3) is 5.91 Å². The summed E-state index contributed by atoms with van der Waals surface area (Å²) in [6.45, 7) is 0.409. The van der Waals surface area contributed by atoms with E-state index in [1.807, 2.05) is 54.6 Å². The predicted octanol–water partition coefficient (Wildman–Crippen LogP) is 6.33. The van der Waals surface area contributed by atoms with Crippen LogP contribution >= 0.6 is 0 Å². The molecule has 0 fully saturated rings. The molecule has 0 aliphatic rings. The van der Waals surface area contributed by atoms with E-state index in [9.17, 15) is 4.79 Å². The third-order valence-electron chi connectivity index (χ3n) is 5.07. The maximum Gasteiger partial charge on any atom is 0.255 e. The summed E-state index contributed by atoms with van der Waals surface area (Å²) in [6, 6.07) is 29.5. The molecule has 0 aliphatic carbocycles. The van der Waals surface area contributed by atoms with Crippen LogP contribution in [0.15, 0.2) is 97.1 Å². The molecule has 1 N–H and O–H groups in total. The van der Waals surface area contributed by atoms with Crippen LogP contribution in [0.5, 0.6) is 28.7 Å². The summed E-state index contributed by atoms with van der Waals surface area (Å²) >= 11 is 0. The fourth-order valence-electron chi connectivity index (χ4n) is 3.30. The topological polar surface area (TPSA) is 66.0 Å². The number of carbonyl (C=O) groups is 1. The van der Waals surface area contributed by atoms with Gasteiger partial charge in [0.1, 0.15) is 12.4 Å². The van der Waals surface area contributed by atoms with E-state index in [1.54, 1.807) is 56.7 Å². The normalized spacial score (nSPS) is 10.3. The summed E-state index contributed by atoms with van der Waals surface area (Å²) in [5, 5.41) is 2.88. The first-order chi connectivity index (χ1) is 16.7. The van der Waals surface area contributed by atoms with Crippen molar-refractivity contribution in [3.8, 4) is 28.7 Å². The lowest BCUT2D eigenvalue weighted by molar-refractivity contribution is 0.102. The summed E-state index contributed by atoms with van der Waals surface area (Å²) in [7, 11) is 3.14. The van der Waals surface area contributed by atoms with E-state index in [-0.39, 0.29) is 5.91 Å². The van der Waals surface area contributed by atoms with Gasteiger partial charge in [0, 0.05) is 11.3 Å². The molecule has 0 heterocycles. The molecule has 0 spiro atoms. The van der Waals surface area contributed by atoms with Crippen LogP contribution in [-0.4, -0.2) is 20.1 Å². The van der Waals surface area contributed by atoms with E-state index in [2.05, 4.69) is 5.32 Å². The average molecular weight is 456 g/mol. The molecule has 0 saturated heterocycles. The molecule has 0 radical (unpaired) electrons. The number of nitrogens with one attached hydrogen (secondary N) is 1. The molecule has 0 saturated carbocycles. The van der Waals surface area contributed by atoms with Crippen molar-refractivity contribution in [3.63, 3.8) is 0 Å². The number of para-hydroxylation sites is 2. The van der Waals surface area contributed by atoms with Crippen molar-refractivity contribution in [2.24, 2.45) is 0 Å². The molecule has 0 atom stereocenters. The Labute approximate surface area is 198 Å². The average Bonchev–Trinajstić information content (AvgIpc) is 2.89. The van der Waals surface area contributed by atoms with Crippen LogP contribution < -0.4 is 24.3 Å². The van der Waals surface area contributed by atoms with Gasteiger partial charge in [-0.2, -0.15) is 0 Å². The van der Waals surface area contributed by atoms with E-state index in [0.29, 0.717) is 46.6 Å². The molecule has 1 amide bonds. The summed E-state index contributed by atoms with van der Waals surface area (Å²) in [5.74, 6) is 2.69. The lowest BCUT2D eigenvalue weighted by Gasteiger charge is -2.13. The second kappa shape index (κ2) is 10.9. The number of rotatable bonds is 9. The number of hydrogen-bond donors (Lipinski definition) is 1. The minimum Gasteiger partial charge on any atom is -0.493 e. The lowest BCUT2D eigenvalue weighted by Crippen LogP contribution is -2.12. The zero-order chi connectivity index (χ0) is 23.8. The van der Waals surface area contributed by atoms with Gasteiger partial charge in [0.15, 0.2) is 23.0 Å². The fraction of sp³-hybridized carbons (Fsp3) is 0.107. The zero-order valence-electron chi connectivity index (χ0n) is 19.0. The Morgan fingerprint density at radius 1 is 0.706 bits per heavy atom. The van der Waals surface area contributed by atoms with Crippen molar-refractivity contribution >= 4 is 11.6 Å². The van der Waals surface area contributed by atoms with Crippen molar-refractivity contribution in [1.29, 1.82) is 0 Å². The molecule has 0 aromatic heterocycles. The highest BCUT2D eigenvalue weighted by Gasteiger charge is 2.12. The number of methoxy groups -OCH3 is 2. The first-order valence-corrected chi connectivity index (χ1v) is 10.7. The molecule has 6 nitrogen and oxygen atoms in total. The monoisotopic (exact) mass is 455 g/mol. The van der Waals surface area contributed by atoms with E-state index >= 15 is 0 Å². The highest BCUT2D eigenvalue weighted by Crippen LogP contribution is 2.32. The molecule has 4 aromatic rings. The first-order valence-electron chi connectivity index (χ1n) is 10.7. The Balaban J connectivity index is 1.40. The van der Waals surface area contributed by atoms with Gasteiger partial charge in [-0.25, -0.2) is 0 Å². The molecule has 0 bridgehead atoms. The van der Waals surface area contributed by atoms with Gasteiger partial charge in [-0.05, 0) is 60.2 Å². The summed E-state index contributed by atoms with van der Waals surface area (Å²) in [5.41, 5.74) is 2.14. The summed E-state index contributed by atoms with van der Waals surface area (Å²) in [4.78, 5) is 12.8. The van der Waals surface area contributed by atoms with Gasteiger partial charge in [-0.1, -0.05) is 42.5 Å². The minimum atomic E-state index is -0.258. The van der Waals surface area contributed by atoms with Gasteiger partial charge in [0.05, 0.1) is 14.2 Å². The van der Waals surface area contributed by atoms with Crippen LogP contribution in [0, 0.1) is 0 Å². The van der Waals surface area contributed by atoms with E-state index in [4.69, 9.17) is 18.9 Å². The molecular formula is C28H25NO5. The summed E-state index contributed by atoms with van der Waals surface area (Å²) < 4.78 is 22.5.